The molecule has 3 rings (SSSR count). The van der Waals surface area contributed by atoms with E-state index in [2.05, 4.69) is 15.6 Å². The van der Waals surface area contributed by atoms with Gasteiger partial charge in [-0.3, -0.25) is 14.9 Å². The van der Waals surface area contributed by atoms with Gasteiger partial charge in [-0.25, -0.2) is 4.98 Å². The van der Waals surface area contributed by atoms with Crippen LogP contribution in [0.5, 0.6) is 5.75 Å². The van der Waals surface area contributed by atoms with Gasteiger partial charge in [0, 0.05) is 17.9 Å². The van der Waals surface area contributed by atoms with Gasteiger partial charge in [0.05, 0.1) is 16.8 Å². The van der Waals surface area contributed by atoms with Crippen LogP contribution in [0, 0.1) is 6.92 Å². The first-order valence-corrected chi connectivity index (χ1v) is 11.1. The zero-order valence-electron chi connectivity index (χ0n) is 17.7. The average Bonchev–Trinajstić information content (AvgIpc) is 3.18. The van der Waals surface area contributed by atoms with Crippen LogP contribution >= 0.6 is 22.9 Å². The molecule has 2 aromatic carbocycles. The molecule has 0 radical (unpaired) electrons. The molecule has 2 atom stereocenters. The number of hydrogen-bond donors (Lipinski definition) is 2. The summed E-state index contributed by atoms with van der Waals surface area (Å²) in [5, 5.41) is 8.47. The fourth-order valence-electron chi connectivity index (χ4n) is 2.95. The number of amides is 2. The van der Waals surface area contributed by atoms with Gasteiger partial charge >= 0.3 is 0 Å². The number of nitrogens with zero attached hydrogens (tertiary/aromatic N) is 1. The molecule has 0 bridgehead atoms. The molecule has 1 aromatic heterocycles. The Morgan fingerprint density at radius 1 is 1.13 bits per heavy atom. The Morgan fingerprint density at radius 3 is 2.52 bits per heavy atom. The lowest BCUT2D eigenvalue weighted by Crippen LogP contribution is -2.30. The van der Waals surface area contributed by atoms with Crippen LogP contribution in [0.3, 0.4) is 0 Å². The van der Waals surface area contributed by atoms with Crippen LogP contribution in [0.15, 0.2) is 47.8 Å². The molecule has 0 saturated carbocycles. The molecular weight excluding hydrogens is 434 g/mol. The highest BCUT2D eigenvalue weighted by Crippen LogP contribution is 2.28. The van der Waals surface area contributed by atoms with E-state index in [-0.39, 0.29) is 17.9 Å². The molecule has 2 amide bonds. The lowest BCUT2D eigenvalue weighted by Gasteiger charge is -2.15. The van der Waals surface area contributed by atoms with Crippen molar-refractivity contribution in [3.8, 4) is 17.0 Å². The number of carbonyl (C=O) groups excluding carboxylic acids is 2. The van der Waals surface area contributed by atoms with E-state index >= 15 is 0 Å². The number of anilines is 1. The topological polar surface area (TPSA) is 80.3 Å². The van der Waals surface area contributed by atoms with Crippen LogP contribution in [0.1, 0.15) is 37.9 Å². The molecule has 31 heavy (non-hydrogen) atoms. The molecule has 2 unspecified atom stereocenters. The molecule has 0 saturated heterocycles. The first kappa shape index (κ1) is 22.8. The van der Waals surface area contributed by atoms with Crippen LogP contribution in [0.25, 0.3) is 11.3 Å². The van der Waals surface area contributed by atoms with E-state index < -0.39 is 6.10 Å². The van der Waals surface area contributed by atoms with E-state index in [0.29, 0.717) is 15.9 Å². The number of aryl methyl sites for hydroxylation is 1. The summed E-state index contributed by atoms with van der Waals surface area (Å²) >= 11 is 7.48. The highest BCUT2D eigenvalue weighted by molar-refractivity contribution is 7.14. The second kappa shape index (κ2) is 9.94. The van der Waals surface area contributed by atoms with Crippen molar-refractivity contribution in [2.45, 2.75) is 39.8 Å². The third-order valence-corrected chi connectivity index (χ3v) is 5.69. The zero-order valence-corrected chi connectivity index (χ0v) is 19.3. The number of ether oxygens (including phenoxy) is 1. The third kappa shape index (κ3) is 6.06. The molecule has 3 aromatic rings. The van der Waals surface area contributed by atoms with Crippen LogP contribution in [0.2, 0.25) is 5.02 Å². The lowest BCUT2D eigenvalue weighted by molar-refractivity contribution is -0.122. The number of aromatic nitrogens is 1. The minimum atomic E-state index is -0.735. The fraction of sp³-hybridized carbons (Fsp3) is 0.261. The van der Waals surface area contributed by atoms with E-state index in [0.717, 1.165) is 22.4 Å². The van der Waals surface area contributed by atoms with Crippen molar-refractivity contribution >= 4 is 39.9 Å². The van der Waals surface area contributed by atoms with Crippen molar-refractivity contribution in [3.63, 3.8) is 0 Å². The lowest BCUT2D eigenvalue weighted by atomic mass is 10.1. The van der Waals surface area contributed by atoms with E-state index in [1.165, 1.54) is 18.3 Å². The Bertz CT molecular complexity index is 1080. The molecule has 6 nitrogen and oxygen atoms in total. The van der Waals surface area contributed by atoms with Gasteiger partial charge in [0.1, 0.15) is 5.75 Å². The van der Waals surface area contributed by atoms with E-state index in [1.807, 2.05) is 49.6 Å². The molecule has 162 valence electrons. The Labute approximate surface area is 190 Å². The summed E-state index contributed by atoms with van der Waals surface area (Å²) in [5.74, 6) is 0.0926. The predicted octanol–water partition coefficient (Wildman–Crippen LogP) is 5.38. The second-order valence-corrected chi connectivity index (χ2v) is 8.53. The van der Waals surface area contributed by atoms with Crippen LogP contribution < -0.4 is 15.4 Å². The maximum absolute atomic E-state index is 12.5. The summed E-state index contributed by atoms with van der Waals surface area (Å²) in [7, 11) is 0. The molecular formula is C23H24ClN3O3S. The molecule has 0 aliphatic heterocycles. The number of halogens is 1. The molecule has 0 spiro atoms. The van der Waals surface area contributed by atoms with Gasteiger partial charge in [-0.1, -0.05) is 41.9 Å². The van der Waals surface area contributed by atoms with Gasteiger partial charge in [-0.05, 0) is 44.0 Å². The van der Waals surface area contributed by atoms with Gasteiger partial charge in [0.15, 0.2) is 11.2 Å². The summed E-state index contributed by atoms with van der Waals surface area (Å²) in [5.41, 5.74) is 3.68. The Hall–Kier alpha value is -2.90. The molecule has 0 aliphatic rings. The molecule has 0 fully saturated rings. The summed E-state index contributed by atoms with van der Waals surface area (Å²) in [6.07, 6.45) is -0.735. The Balaban J connectivity index is 1.63. The minimum absolute atomic E-state index is 0.0692. The number of rotatable bonds is 7. The summed E-state index contributed by atoms with van der Waals surface area (Å²) < 4.78 is 5.72. The number of thiazole rings is 1. The van der Waals surface area contributed by atoms with Crippen LogP contribution in [-0.4, -0.2) is 22.9 Å². The molecule has 2 N–H and O–H groups in total. The summed E-state index contributed by atoms with van der Waals surface area (Å²) in [6.45, 7) is 7.02. The summed E-state index contributed by atoms with van der Waals surface area (Å²) in [4.78, 5) is 28.2. The van der Waals surface area contributed by atoms with Gasteiger partial charge < -0.3 is 10.1 Å². The summed E-state index contributed by atoms with van der Waals surface area (Å²) in [6, 6.07) is 13.1. The number of benzene rings is 2. The maximum Gasteiger partial charge on any atom is 0.266 e. The third-order valence-electron chi connectivity index (χ3n) is 4.62. The standard InChI is InChI=1S/C23H24ClN3O3S/c1-13-5-10-19(24)21(11-13)30-15(3)22(29)27-23-26-20(12-31-23)18-8-6-17(7-9-18)14(2)25-16(4)28/h5-12,14-15H,1-4H3,(H,25,28)(H,26,27,29). The van der Waals surface area contributed by atoms with Gasteiger partial charge in [-0.2, -0.15) is 0 Å². The maximum atomic E-state index is 12.5. The first-order valence-electron chi connectivity index (χ1n) is 9.79. The number of hydrogen-bond acceptors (Lipinski definition) is 5. The Morgan fingerprint density at radius 2 is 1.84 bits per heavy atom. The van der Waals surface area contributed by atoms with Crippen LogP contribution in [0.4, 0.5) is 5.13 Å². The largest absolute Gasteiger partial charge is 0.479 e. The van der Waals surface area contributed by atoms with E-state index in [4.69, 9.17) is 16.3 Å². The zero-order chi connectivity index (χ0) is 22.5. The molecule has 8 heteroatoms. The highest BCUT2D eigenvalue weighted by Gasteiger charge is 2.18. The number of nitrogens with one attached hydrogen (secondary N) is 2. The van der Waals surface area contributed by atoms with Crippen molar-refractivity contribution in [3.05, 3.63) is 64.0 Å². The van der Waals surface area contributed by atoms with Crippen molar-refractivity contribution in [1.82, 2.24) is 10.3 Å². The Kier molecular flexibility index (Phi) is 7.30. The van der Waals surface area contributed by atoms with Crippen molar-refractivity contribution < 1.29 is 14.3 Å². The van der Waals surface area contributed by atoms with E-state index in [1.54, 1.807) is 19.1 Å². The van der Waals surface area contributed by atoms with E-state index in [9.17, 15) is 9.59 Å². The first-order chi connectivity index (χ1) is 14.7. The highest BCUT2D eigenvalue weighted by atomic mass is 35.5. The molecule has 0 aliphatic carbocycles. The average molecular weight is 458 g/mol. The van der Waals surface area contributed by atoms with Gasteiger partial charge in [-0.15, -0.1) is 11.3 Å². The smallest absolute Gasteiger partial charge is 0.266 e. The van der Waals surface area contributed by atoms with Crippen molar-refractivity contribution in [2.75, 3.05) is 5.32 Å². The predicted molar refractivity (Wildman–Crippen MR) is 125 cm³/mol. The van der Waals surface area contributed by atoms with Gasteiger partial charge in [0.2, 0.25) is 5.91 Å². The number of carbonyl (C=O) groups is 2. The normalized spacial score (nSPS) is 12.7. The minimum Gasteiger partial charge on any atom is -0.479 e. The fourth-order valence-corrected chi connectivity index (χ4v) is 3.83. The van der Waals surface area contributed by atoms with Gasteiger partial charge in [0.25, 0.3) is 5.91 Å². The van der Waals surface area contributed by atoms with Crippen molar-refractivity contribution in [2.24, 2.45) is 0 Å². The van der Waals surface area contributed by atoms with Crippen molar-refractivity contribution in [1.29, 1.82) is 0 Å². The SMILES string of the molecule is CC(=O)NC(C)c1ccc(-c2csc(NC(=O)C(C)Oc3cc(C)ccc3Cl)n2)cc1. The monoisotopic (exact) mass is 457 g/mol. The molecule has 1 heterocycles. The quantitative estimate of drug-likeness (QED) is 0.499. The van der Waals surface area contributed by atoms with Crippen LogP contribution in [-0.2, 0) is 9.59 Å². The second-order valence-electron chi connectivity index (χ2n) is 7.27.